The van der Waals surface area contributed by atoms with Gasteiger partial charge in [0.1, 0.15) is 12.4 Å². The second-order valence-electron chi connectivity index (χ2n) is 8.52. The summed E-state index contributed by atoms with van der Waals surface area (Å²) in [7, 11) is 1.90. The third kappa shape index (κ3) is 6.23. The number of ether oxygens (including phenoxy) is 2. The Morgan fingerprint density at radius 1 is 1.13 bits per heavy atom. The number of fused-ring (bicyclic) bond motifs is 1. The molecule has 6 nitrogen and oxygen atoms in total. The molecule has 0 radical (unpaired) electrons. The largest absolute Gasteiger partial charge is 0.492 e. The third-order valence-electron chi connectivity index (χ3n) is 6.67. The summed E-state index contributed by atoms with van der Waals surface area (Å²) in [5, 5.41) is 3.59. The predicted molar refractivity (Wildman–Crippen MR) is 132 cm³/mol. The molecule has 2 atom stereocenters. The number of nitrogens with one attached hydrogen (secondary N) is 1. The maximum absolute atomic E-state index is 6.13. The van der Waals surface area contributed by atoms with Gasteiger partial charge in [-0.25, -0.2) is 0 Å². The Balaban J connectivity index is 0.00000256. The Morgan fingerprint density at radius 3 is 2.53 bits per heavy atom. The first-order valence-electron chi connectivity index (χ1n) is 11.3. The number of nitrogens with zero attached hydrogens (tertiary/aromatic N) is 3. The van der Waals surface area contributed by atoms with Crippen LogP contribution in [0.2, 0.25) is 0 Å². The molecule has 2 aliphatic heterocycles. The molecule has 1 aromatic carbocycles. The van der Waals surface area contributed by atoms with E-state index in [4.69, 9.17) is 9.47 Å². The van der Waals surface area contributed by atoms with Crippen molar-refractivity contribution in [2.45, 2.75) is 32.2 Å². The van der Waals surface area contributed by atoms with E-state index < -0.39 is 0 Å². The van der Waals surface area contributed by atoms with Crippen molar-refractivity contribution in [3.63, 3.8) is 0 Å². The van der Waals surface area contributed by atoms with Crippen LogP contribution in [0.25, 0.3) is 0 Å². The number of morpholine rings is 1. The van der Waals surface area contributed by atoms with Gasteiger partial charge in [0, 0.05) is 51.9 Å². The topological polar surface area (TPSA) is 49.3 Å². The van der Waals surface area contributed by atoms with Crippen molar-refractivity contribution < 1.29 is 9.47 Å². The molecule has 0 amide bonds. The summed E-state index contributed by atoms with van der Waals surface area (Å²) >= 11 is 0. The van der Waals surface area contributed by atoms with Gasteiger partial charge in [-0.2, -0.15) is 0 Å². The van der Waals surface area contributed by atoms with E-state index >= 15 is 0 Å². The highest BCUT2D eigenvalue weighted by molar-refractivity contribution is 14.0. The van der Waals surface area contributed by atoms with Gasteiger partial charge >= 0.3 is 0 Å². The third-order valence-corrected chi connectivity index (χ3v) is 6.67. The molecule has 3 fully saturated rings. The van der Waals surface area contributed by atoms with Gasteiger partial charge in [0.2, 0.25) is 0 Å². The summed E-state index contributed by atoms with van der Waals surface area (Å²) in [5.41, 5.74) is 1.19. The lowest BCUT2D eigenvalue weighted by Crippen LogP contribution is -2.40. The van der Waals surface area contributed by atoms with Crippen molar-refractivity contribution in [2.75, 3.05) is 59.6 Å². The lowest BCUT2D eigenvalue weighted by Gasteiger charge is -2.26. The number of halogens is 1. The molecule has 168 valence electrons. The second-order valence-corrected chi connectivity index (χ2v) is 8.52. The van der Waals surface area contributed by atoms with Crippen LogP contribution in [0.15, 0.2) is 29.3 Å². The summed E-state index contributed by atoms with van der Waals surface area (Å²) in [5.74, 6) is 3.72. The average Bonchev–Trinajstić information content (AvgIpc) is 3.20. The molecule has 3 aliphatic rings. The van der Waals surface area contributed by atoms with E-state index in [9.17, 15) is 0 Å². The van der Waals surface area contributed by atoms with Crippen molar-refractivity contribution >= 4 is 29.9 Å². The molecule has 0 aromatic heterocycles. The van der Waals surface area contributed by atoms with Gasteiger partial charge in [0.05, 0.1) is 13.2 Å². The normalized spacial score (nSPS) is 24.8. The predicted octanol–water partition coefficient (Wildman–Crippen LogP) is 3.21. The minimum absolute atomic E-state index is 0. The Labute approximate surface area is 198 Å². The van der Waals surface area contributed by atoms with E-state index in [1.807, 2.05) is 13.1 Å². The molecular weight excluding hydrogens is 491 g/mol. The number of guanidine groups is 1. The zero-order valence-electron chi connectivity index (χ0n) is 18.2. The number of hydrogen-bond acceptors (Lipinski definition) is 4. The molecule has 1 saturated carbocycles. The van der Waals surface area contributed by atoms with Crippen LogP contribution in [0.4, 0.5) is 0 Å². The van der Waals surface area contributed by atoms with Gasteiger partial charge in [-0.15, -0.1) is 24.0 Å². The van der Waals surface area contributed by atoms with E-state index in [1.165, 1.54) is 31.2 Å². The Bertz CT molecular complexity index is 667. The van der Waals surface area contributed by atoms with E-state index in [2.05, 4.69) is 38.3 Å². The van der Waals surface area contributed by atoms with Crippen LogP contribution in [0.1, 0.15) is 31.2 Å². The van der Waals surface area contributed by atoms with Crippen molar-refractivity contribution in [1.82, 2.24) is 15.1 Å². The minimum Gasteiger partial charge on any atom is -0.492 e. The molecule has 1 N–H and O–H groups in total. The van der Waals surface area contributed by atoms with Crippen LogP contribution in [0.3, 0.4) is 0 Å². The quantitative estimate of drug-likeness (QED) is 0.349. The van der Waals surface area contributed by atoms with Crippen LogP contribution in [-0.2, 0) is 11.3 Å². The number of hydrogen-bond donors (Lipinski definition) is 1. The fourth-order valence-corrected chi connectivity index (χ4v) is 4.99. The molecule has 0 spiro atoms. The maximum atomic E-state index is 6.13. The lowest BCUT2D eigenvalue weighted by molar-refractivity contribution is 0.0322. The van der Waals surface area contributed by atoms with Crippen molar-refractivity contribution in [3.05, 3.63) is 29.8 Å². The number of rotatable bonds is 6. The molecule has 2 heterocycles. The number of para-hydroxylation sites is 1. The fraction of sp³-hybridized carbons (Fsp3) is 0.696. The van der Waals surface area contributed by atoms with Crippen LogP contribution in [0.5, 0.6) is 5.75 Å². The Morgan fingerprint density at radius 2 is 1.83 bits per heavy atom. The van der Waals surface area contributed by atoms with E-state index in [-0.39, 0.29) is 24.0 Å². The van der Waals surface area contributed by atoms with Crippen LogP contribution in [-0.4, -0.2) is 75.4 Å². The molecule has 1 aromatic rings. The molecular formula is C23H37IN4O2. The van der Waals surface area contributed by atoms with Gasteiger partial charge in [0.15, 0.2) is 5.96 Å². The highest BCUT2D eigenvalue weighted by atomic mass is 127. The summed E-state index contributed by atoms with van der Waals surface area (Å²) < 4.78 is 11.5. The van der Waals surface area contributed by atoms with Crippen LogP contribution < -0.4 is 10.1 Å². The van der Waals surface area contributed by atoms with Gasteiger partial charge in [0.25, 0.3) is 0 Å². The SMILES string of the molecule is CN=C(NCc1ccccc1OCCN1CCOCC1)N1CC2CCCCC2C1.I. The number of likely N-dealkylation sites (tertiary alicyclic amines) is 1. The fourth-order valence-electron chi connectivity index (χ4n) is 4.99. The van der Waals surface area contributed by atoms with Gasteiger partial charge < -0.3 is 19.7 Å². The van der Waals surface area contributed by atoms with Gasteiger partial charge in [-0.05, 0) is 30.7 Å². The average molecular weight is 528 g/mol. The molecule has 0 bridgehead atoms. The first kappa shape index (κ1) is 23.6. The molecule has 2 unspecified atom stereocenters. The molecule has 4 rings (SSSR count). The van der Waals surface area contributed by atoms with Crippen molar-refractivity contribution in [1.29, 1.82) is 0 Å². The van der Waals surface area contributed by atoms with E-state index in [1.54, 1.807) is 0 Å². The molecule has 2 saturated heterocycles. The zero-order valence-corrected chi connectivity index (χ0v) is 20.6. The highest BCUT2D eigenvalue weighted by Gasteiger charge is 2.35. The standard InChI is InChI=1S/C23H36N4O2.HI/c1-24-23(27-17-20-7-2-3-8-21(20)18-27)25-16-19-6-4-5-9-22(19)29-15-12-26-10-13-28-14-11-26;/h4-6,9,20-21H,2-3,7-8,10-18H2,1H3,(H,24,25);1H. The smallest absolute Gasteiger partial charge is 0.193 e. The molecule has 30 heavy (non-hydrogen) atoms. The first-order chi connectivity index (χ1) is 14.3. The summed E-state index contributed by atoms with van der Waals surface area (Å²) in [6, 6.07) is 8.35. The van der Waals surface area contributed by atoms with Crippen LogP contribution >= 0.6 is 24.0 Å². The summed E-state index contributed by atoms with van der Waals surface area (Å²) in [6.07, 6.45) is 5.57. The zero-order chi connectivity index (χ0) is 19.9. The van der Waals surface area contributed by atoms with Crippen molar-refractivity contribution in [2.24, 2.45) is 16.8 Å². The lowest BCUT2D eigenvalue weighted by atomic mass is 9.82. The monoisotopic (exact) mass is 528 g/mol. The Kier molecular flexibility index (Phi) is 9.52. The van der Waals surface area contributed by atoms with Crippen molar-refractivity contribution in [3.8, 4) is 5.75 Å². The Hall–Kier alpha value is -1.06. The number of aliphatic imine (C=N–C) groups is 1. The summed E-state index contributed by atoms with van der Waals surface area (Å²) in [4.78, 5) is 9.43. The first-order valence-corrected chi connectivity index (χ1v) is 11.3. The molecule has 7 heteroatoms. The highest BCUT2D eigenvalue weighted by Crippen LogP contribution is 2.36. The van der Waals surface area contributed by atoms with E-state index in [0.717, 1.165) is 76.0 Å². The number of benzene rings is 1. The van der Waals surface area contributed by atoms with E-state index in [0.29, 0.717) is 6.61 Å². The van der Waals surface area contributed by atoms with Crippen LogP contribution in [0, 0.1) is 11.8 Å². The molecule has 1 aliphatic carbocycles. The minimum atomic E-state index is 0. The summed E-state index contributed by atoms with van der Waals surface area (Å²) in [6.45, 7) is 8.37. The maximum Gasteiger partial charge on any atom is 0.193 e. The van der Waals surface area contributed by atoms with Gasteiger partial charge in [-0.3, -0.25) is 9.89 Å². The second kappa shape index (κ2) is 12.1. The van der Waals surface area contributed by atoms with Gasteiger partial charge in [-0.1, -0.05) is 31.0 Å².